The van der Waals surface area contributed by atoms with Gasteiger partial charge in [0, 0.05) is 23.4 Å². The molecule has 2 unspecified atom stereocenters. The summed E-state index contributed by atoms with van der Waals surface area (Å²) in [5, 5.41) is 3.72. The Bertz CT molecular complexity index is 400. The van der Waals surface area contributed by atoms with Gasteiger partial charge in [-0.05, 0) is 37.1 Å². The fraction of sp³-hybridized carbons (Fsp3) is 0.538. The van der Waals surface area contributed by atoms with E-state index in [9.17, 15) is 0 Å². The Morgan fingerprint density at radius 1 is 1.33 bits per heavy atom. The van der Waals surface area contributed by atoms with E-state index >= 15 is 0 Å². The van der Waals surface area contributed by atoms with E-state index in [1.54, 1.807) is 5.56 Å². The van der Waals surface area contributed by atoms with Gasteiger partial charge in [0.15, 0.2) is 0 Å². The fourth-order valence-electron chi connectivity index (χ4n) is 2.89. The zero-order valence-electron chi connectivity index (χ0n) is 9.34. The lowest BCUT2D eigenvalue weighted by atomic mass is 9.93. The van der Waals surface area contributed by atoms with Crippen molar-refractivity contribution in [1.82, 2.24) is 0 Å². The van der Waals surface area contributed by atoms with Crippen LogP contribution in [-0.4, -0.2) is 17.5 Å². The predicted molar refractivity (Wildman–Crippen MR) is 68.0 cm³/mol. The lowest BCUT2D eigenvalue weighted by molar-refractivity contribution is 0.614. The summed E-state index contributed by atoms with van der Waals surface area (Å²) in [4.78, 5) is 0. The van der Waals surface area contributed by atoms with Crippen LogP contribution in [0, 0.1) is 13.8 Å². The Hall–Kier alpha value is -0.630. The van der Waals surface area contributed by atoms with Crippen molar-refractivity contribution in [3.63, 3.8) is 0 Å². The molecule has 2 aliphatic rings. The maximum Gasteiger partial charge on any atom is 0.0408 e. The highest BCUT2D eigenvalue weighted by Gasteiger charge is 2.34. The minimum Gasteiger partial charge on any atom is -0.381 e. The van der Waals surface area contributed by atoms with Crippen molar-refractivity contribution in [2.75, 3.05) is 16.8 Å². The molecule has 1 aromatic rings. The number of fused-ring (bicyclic) bond motifs is 3. The van der Waals surface area contributed by atoms with Gasteiger partial charge in [-0.15, -0.1) is 0 Å². The van der Waals surface area contributed by atoms with Gasteiger partial charge in [-0.25, -0.2) is 0 Å². The topological polar surface area (TPSA) is 12.0 Å². The quantitative estimate of drug-likeness (QED) is 0.718. The number of aryl methyl sites for hydroxylation is 2. The van der Waals surface area contributed by atoms with Crippen LogP contribution < -0.4 is 5.32 Å². The molecular weight excluding hydrogens is 202 g/mol. The smallest absolute Gasteiger partial charge is 0.0408 e. The van der Waals surface area contributed by atoms with E-state index < -0.39 is 0 Å². The van der Waals surface area contributed by atoms with Gasteiger partial charge in [-0.2, -0.15) is 11.8 Å². The molecule has 1 N–H and O–H groups in total. The van der Waals surface area contributed by atoms with Crippen LogP contribution in [0.5, 0.6) is 0 Å². The average molecular weight is 219 g/mol. The van der Waals surface area contributed by atoms with Crippen LogP contribution in [0.3, 0.4) is 0 Å². The molecule has 2 heterocycles. The molecule has 80 valence electrons. The molecular formula is C13H17NS. The number of thioether (sulfide) groups is 1. The molecule has 15 heavy (non-hydrogen) atoms. The van der Waals surface area contributed by atoms with Gasteiger partial charge in [0.1, 0.15) is 0 Å². The second-order valence-corrected chi connectivity index (χ2v) is 5.92. The Kier molecular flexibility index (Phi) is 2.20. The summed E-state index contributed by atoms with van der Waals surface area (Å²) in [6.07, 6.45) is 1.32. The molecule has 0 radical (unpaired) electrons. The summed E-state index contributed by atoms with van der Waals surface area (Å²) in [6, 6.07) is 5.38. The van der Waals surface area contributed by atoms with Crippen LogP contribution in [0.2, 0.25) is 0 Å². The second kappa shape index (κ2) is 3.44. The third-order valence-electron chi connectivity index (χ3n) is 3.60. The van der Waals surface area contributed by atoms with Gasteiger partial charge in [-0.3, -0.25) is 0 Å². The highest BCUT2D eigenvalue weighted by Crippen LogP contribution is 2.44. The Labute approximate surface area is 95.6 Å². The van der Waals surface area contributed by atoms with Gasteiger partial charge in [0.25, 0.3) is 0 Å². The molecule has 0 aliphatic carbocycles. The Morgan fingerprint density at radius 3 is 3.07 bits per heavy atom. The van der Waals surface area contributed by atoms with E-state index in [2.05, 4.69) is 43.1 Å². The third-order valence-corrected chi connectivity index (χ3v) is 4.72. The van der Waals surface area contributed by atoms with E-state index in [4.69, 9.17) is 0 Å². The molecule has 0 bridgehead atoms. The monoisotopic (exact) mass is 219 g/mol. The lowest BCUT2D eigenvalue weighted by Gasteiger charge is -2.24. The zero-order chi connectivity index (χ0) is 10.4. The second-order valence-electron chi connectivity index (χ2n) is 4.77. The minimum atomic E-state index is 0.710. The van der Waals surface area contributed by atoms with Crippen molar-refractivity contribution in [3.05, 3.63) is 28.8 Å². The number of benzene rings is 1. The molecule has 2 atom stereocenters. The molecule has 0 aromatic heterocycles. The number of hydrogen-bond acceptors (Lipinski definition) is 2. The van der Waals surface area contributed by atoms with Gasteiger partial charge in [-0.1, -0.05) is 17.7 Å². The molecule has 0 amide bonds. The number of hydrogen-bond donors (Lipinski definition) is 1. The molecule has 2 heteroatoms. The van der Waals surface area contributed by atoms with Gasteiger partial charge in [0.2, 0.25) is 0 Å². The summed E-state index contributed by atoms with van der Waals surface area (Å²) < 4.78 is 0. The maximum atomic E-state index is 3.72. The minimum absolute atomic E-state index is 0.710. The SMILES string of the molecule is Cc1cc(C)c2c(c1)C1CSCCC1N2. The van der Waals surface area contributed by atoms with E-state index in [0.29, 0.717) is 6.04 Å². The van der Waals surface area contributed by atoms with Crippen molar-refractivity contribution in [3.8, 4) is 0 Å². The Balaban J connectivity index is 2.08. The number of anilines is 1. The van der Waals surface area contributed by atoms with Crippen molar-refractivity contribution in [1.29, 1.82) is 0 Å². The molecule has 0 spiro atoms. The summed E-state index contributed by atoms with van der Waals surface area (Å²) >= 11 is 2.11. The largest absolute Gasteiger partial charge is 0.381 e. The van der Waals surface area contributed by atoms with E-state index in [0.717, 1.165) is 5.92 Å². The number of rotatable bonds is 0. The molecule has 1 aromatic carbocycles. The van der Waals surface area contributed by atoms with Crippen molar-refractivity contribution < 1.29 is 0 Å². The van der Waals surface area contributed by atoms with Crippen molar-refractivity contribution >= 4 is 17.4 Å². The van der Waals surface area contributed by atoms with E-state index in [-0.39, 0.29) is 0 Å². The van der Waals surface area contributed by atoms with Gasteiger partial charge in [0.05, 0.1) is 0 Å². The third kappa shape index (κ3) is 1.46. The van der Waals surface area contributed by atoms with Crippen LogP contribution in [-0.2, 0) is 0 Å². The van der Waals surface area contributed by atoms with Crippen LogP contribution in [0.25, 0.3) is 0 Å². The maximum absolute atomic E-state index is 3.72. The van der Waals surface area contributed by atoms with E-state index in [1.165, 1.54) is 34.7 Å². The normalized spacial score (nSPS) is 28.1. The standard InChI is InChI=1S/C13H17NS/c1-8-5-9(2)13-10(6-8)11-7-15-4-3-12(11)14-13/h5-6,11-12,14H,3-4,7H2,1-2H3. The lowest BCUT2D eigenvalue weighted by Crippen LogP contribution is -2.26. The molecule has 0 saturated carbocycles. The van der Waals surface area contributed by atoms with Crippen molar-refractivity contribution in [2.45, 2.75) is 32.2 Å². The highest BCUT2D eigenvalue weighted by molar-refractivity contribution is 7.99. The van der Waals surface area contributed by atoms with Crippen LogP contribution in [0.1, 0.15) is 29.0 Å². The summed E-state index contributed by atoms with van der Waals surface area (Å²) in [6.45, 7) is 4.43. The van der Waals surface area contributed by atoms with Crippen LogP contribution in [0.4, 0.5) is 5.69 Å². The fourth-order valence-corrected chi connectivity index (χ4v) is 4.15. The summed E-state index contributed by atoms with van der Waals surface area (Å²) in [7, 11) is 0. The van der Waals surface area contributed by atoms with Gasteiger partial charge >= 0.3 is 0 Å². The molecule has 3 rings (SSSR count). The predicted octanol–water partition coefficient (Wildman–Crippen LogP) is 3.32. The molecule has 1 saturated heterocycles. The van der Waals surface area contributed by atoms with E-state index in [1.807, 2.05) is 0 Å². The zero-order valence-corrected chi connectivity index (χ0v) is 10.2. The first kappa shape index (κ1) is 9.59. The molecule has 2 aliphatic heterocycles. The first-order valence-corrected chi connectivity index (χ1v) is 6.86. The van der Waals surface area contributed by atoms with Crippen molar-refractivity contribution in [2.24, 2.45) is 0 Å². The first-order valence-electron chi connectivity index (χ1n) is 5.71. The van der Waals surface area contributed by atoms with Crippen LogP contribution in [0.15, 0.2) is 12.1 Å². The summed E-state index contributed by atoms with van der Waals surface area (Å²) in [5.41, 5.74) is 5.83. The van der Waals surface area contributed by atoms with Crippen LogP contribution >= 0.6 is 11.8 Å². The Morgan fingerprint density at radius 2 is 2.20 bits per heavy atom. The summed E-state index contributed by atoms with van der Waals surface area (Å²) in [5.74, 6) is 3.38. The first-order chi connectivity index (χ1) is 7.25. The molecule has 1 nitrogen and oxygen atoms in total. The highest BCUT2D eigenvalue weighted by atomic mass is 32.2. The average Bonchev–Trinajstić information content (AvgIpc) is 2.57. The van der Waals surface area contributed by atoms with Gasteiger partial charge < -0.3 is 5.32 Å². The number of nitrogens with one attached hydrogen (secondary N) is 1. The molecule has 1 fully saturated rings.